The van der Waals surface area contributed by atoms with Crippen LogP contribution in [0.5, 0.6) is 5.75 Å². The van der Waals surface area contributed by atoms with Crippen LogP contribution in [0, 0.1) is 12.7 Å². The summed E-state index contributed by atoms with van der Waals surface area (Å²) < 4.78 is 23.7. The van der Waals surface area contributed by atoms with Crippen molar-refractivity contribution in [2.45, 2.75) is 57.7 Å². The predicted molar refractivity (Wildman–Crippen MR) is 119 cm³/mol. The molecule has 3 aromatic rings. The summed E-state index contributed by atoms with van der Waals surface area (Å²) in [7, 11) is 0. The van der Waals surface area contributed by atoms with Crippen molar-refractivity contribution in [3.8, 4) is 11.4 Å². The number of pyridine rings is 1. The molecule has 0 bridgehead atoms. The number of fused-ring (bicyclic) bond motifs is 2. The van der Waals surface area contributed by atoms with E-state index in [4.69, 9.17) is 4.74 Å². The molecule has 0 N–H and O–H groups in total. The summed E-state index contributed by atoms with van der Waals surface area (Å²) >= 11 is 0. The topological polar surface area (TPSA) is 69.4 Å². The minimum absolute atomic E-state index is 0.0422. The van der Waals surface area contributed by atoms with Crippen molar-refractivity contribution in [1.82, 2.24) is 19.0 Å². The van der Waals surface area contributed by atoms with E-state index in [0.29, 0.717) is 24.5 Å². The van der Waals surface area contributed by atoms with Gasteiger partial charge in [-0.25, -0.2) is 9.37 Å². The maximum absolute atomic E-state index is 14.1. The van der Waals surface area contributed by atoms with E-state index in [1.165, 1.54) is 6.07 Å². The van der Waals surface area contributed by atoms with E-state index in [-0.39, 0.29) is 29.4 Å². The average molecular weight is 448 g/mol. The Morgan fingerprint density at radius 3 is 2.67 bits per heavy atom. The van der Waals surface area contributed by atoms with Crippen LogP contribution in [0.1, 0.15) is 46.6 Å². The van der Waals surface area contributed by atoms with Gasteiger partial charge >= 0.3 is 0 Å². The third-order valence-electron chi connectivity index (χ3n) is 7.23. The number of halogens is 1. The van der Waals surface area contributed by atoms with Crippen LogP contribution >= 0.6 is 0 Å². The molecular weight excluding hydrogens is 423 g/mol. The molecule has 7 nitrogen and oxygen atoms in total. The Bertz CT molecular complexity index is 1330. The molecule has 0 saturated heterocycles. The summed E-state index contributed by atoms with van der Waals surface area (Å²) in [6, 6.07) is 6.58. The third kappa shape index (κ3) is 3.19. The number of rotatable bonds is 4. The van der Waals surface area contributed by atoms with Crippen molar-refractivity contribution in [2.24, 2.45) is 0 Å². The Morgan fingerprint density at radius 2 is 1.91 bits per heavy atom. The number of aromatic nitrogens is 3. The molecule has 2 aromatic heterocycles. The first-order valence-electron chi connectivity index (χ1n) is 11.5. The van der Waals surface area contributed by atoms with Gasteiger partial charge in [-0.15, -0.1) is 0 Å². The predicted octanol–water partition coefficient (Wildman–Crippen LogP) is 3.04. The fourth-order valence-electron chi connectivity index (χ4n) is 5.35. The summed E-state index contributed by atoms with van der Waals surface area (Å²) in [6.45, 7) is 2.77. The van der Waals surface area contributed by atoms with Crippen LogP contribution < -0.4 is 10.3 Å². The molecular formula is C25H25FN4O3. The Labute approximate surface area is 190 Å². The SMILES string of the molecule is Cc1cn(-c2ccc3n(c2=O)CCN([C@@H]2CC[C@H]2Oc2ccc(F)c4c2CCC4)C3=O)cn1. The number of ether oxygens (including phenoxy) is 1. The van der Waals surface area contributed by atoms with Gasteiger partial charge in [0.25, 0.3) is 11.5 Å². The molecule has 1 aromatic carbocycles. The van der Waals surface area contributed by atoms with Crippen LogP contribution in [0.25, 0.3) is 5.69 Å². The molecule has 3 heterocycles. The summed E-state index contributed by atoms with van der Waals surface area (Å²) in [5.41, 5.74) is 3.26. The quantitative estimate of drug-likeness (QED) is 0.615. The van der Waals surface area contributed by atoms with Crippen LogP contribution in [0.4, 0.5) is 4.39 Å². The van der Waals surface area contributed by atoms with E-state index >= 15 is 0 Å². The number of imidazole rings is 1. The first kappa shape index (κ1) is 20.2. The molecule has 6 rings (SSSR count). The van der Waals surface area contributed by atoms with Gasteiger partial charge in [0.1, 0.15) is 29.1 Å². The zero-order valence-electron chi connectivity index (χ0n) is 18.5. The number of amides is 1. The summed E-state index contributed by atoms with van der Waals surface area (Å²) in [5, 5.41) is 0. The lowest BCUT2D eigenvalue weighted by molar-refractivity contribution is -0.00582. The van der Waals surface area contributed by atoms with E-state index in [2.05, 4.69) is 4.98 Å². The van der Waals surface area contributed by atoms with Gasteiger partial charge < -0.3 is 18.8 Å². The van der Waals surface area contributed by atoms with E-state index in [9.17, 15) is 14.0 Å². The van der Waals surface area contributed by atoms with Crippen LogP contribution in [-0.2, 0) is 19.4 Å². The van der Waals surface area contributed by atoms with Crippen LogP contribution in [-0.4, -0.2) is 43.6 Å². The molecule has 170 valence electrons. The lowest BCUT2D eigenvalue weighted by Gasteiger charge is -2.45. The van der Waals surface area contributed by atoms with Gasteiger partial charge in [-0.3, -0.25) is 9.59 Å². The van der Waals surface area contributed by atoms with Gasteiger partial charge in [0.15, 0.2) is 0 Å². The number of carbonyl (C=O) groups excluding carboxylic acids is 1. The molecule has 0 radical (unpaired) electrons. The number of hydrogen-bond donors (Lipinski definition) is 0. The maximum atomic E-state index is 14.1. The van der Waals surface area contributed by atoms with Crippen LogP contribution in [0.15, 0.2) is 41.6 Å². The molecule has 1 saturated carbocycles. The highest BCUT2D eigenvalue weighted by atomic mass is 19.1. The van der Waals surface area contributed by atoms with Crippen molar-refractivity contribution in [3.05, 3.63) is 75.5 Å². The molecule has 8 heteroatoms. The normalized spacial score (nSPS) is 21.5. The second-order valence-electron chi connectivity index (χ2n) is 9.14. The molecule has 2 aliphatic carbocycles. The zero-order chi connectivity index (χ0) is 22.7. The van der Waals surface area contributed by atoms with Crippen molar-refractivity contribution < 1.29 is 13.9 Å². The molecule has 1 fully saturated rings. The van der Waals surface area contributed by atoms with Crippen molar-refractivity contribution in [2.75, 3.05) is 6.54 Å². The Kier molecular flexibility index (Phi) is 4.64. The highest BCUT2D eigenvalue weighted by molar-refractivity contribution is 5.93. The molecule has 33 heavy (non-hydrogen) atoms. The van der Waals surface area contributed by atoms with Crippen LogP contribution in [0.2, 0.25) is 0 Å². The van der Waals surface area contributed by atoms with E-state index in [1.807, 2.05) is 11.8 Å². The van der Waals surface area contributed by atoms with Gasteiger partial charge in [-0.05, 0) is 68.9 Å². The number of carbonyl (C=O) groups is 1. The van der Waals surface area contributed by atoms with Gasteiger partial charge in [0.05, 0.1) is 18.1 Å². The lowest BCUT2D eigenvalue weighted by Crippen LogP contribution is -2.58. The fraction of sp³-hybridized carbons (Fsp3) is 0.400. The number of aryl methyl sites for hydroxylation is 1. The van der Waals surface area contributed by atoms with E-state index < -0.39 is 0 Å². The molecule has 1 aliphatic heterocycles. The Balaban J connectivity index is 1.24. The number of benzene rings is 1. The van der Waals surface area contributed by atoms with E-state index in [0.717, 1.165) is 54.7 Å². The van der Waals surface area contributed by atoms with Gasteiger partial charge in [-0.1, -0.05) is 0 Å². The van der Waals surface area contributed by atoms with Crippen molar-refractivity contribution >= 4 is 5.91 Å². The average Bonchev–Trinajstić information content (AvgIpc) is 3.45. The van der Waals surface area contributed by atoms with Crippen molar-refractivity contribution in [3.63, 3.8) is 0 Å². The molecule has 3 aliphatic rings. The standard InChI is InChI=1S/C25H25FN4O3/c1-15-13-28(14-27-15)20-6-7-21-25(32)29(11-12-30(21)24(20)31)19-8-10-23(19)33-22-9-5-18(26)16-3-2-4-17(16)22/h5-7,9,13-14,19,23H,2-4,8,10-12H2,1H3/t19-,23-/m1/s1. The maximum Gasteiger partial charge on any atom is 0.275 e. The second kappa shape index (κ2) is 7.57. The van der Waals surface area contributed by atoms with Crippen molar-refractivity contribution in [1.29, 1.82) is 0 Å². The Morgan fingerprint density at radius 1 is 1.06 bits per heavy atom. The fourth-order valence-corrected chi connectivity index (χ4v) is 5.35. The second-order valence-corrected chi connectivity index (χ2v) is 9.14. The minimum Gasteiger partial charge on any atom is -0.488 e. The molecule has 1 amide bonds. The zero-order valence-corrected chi connectivity index (χ0v) is 18.5. The molecule has 0 unspecified atom stereocenters. The number of hydrogen-bond acceptors (Lipinski definition) is 4. The molecule has 2 atom stereocenters. The summed E-state index contributed by atoms with van der Waals surface area (Å²) in [4.78, 5) is 32.4. The summed E-state index contributed by atoms with van der Waals surface area (Å²) in [5.74, 6) is 0.452. The van der Waals surface area contributed by atoms with E-state index in [1.54, 1.807) is 39.9 Å². The number of nitrogens with zero attached hydrogens (tertiary/aromatic N) is 4. The summed E-state index contributed by atoms with van der Waals surface area (Å²) in [6.07, 6.45) is 7.53. The monoisotopic (exact) mass is 448 g/mol. The molecule has 0 spiro atoms. The highest BCUT2D eigenvalue weighted by Crippen LogP contribution is 2.37. The minimum atomic E-state index is -0.193. The lowest BCUT2D eigenvalue weighted by atomic mass is 9.86. The smallest absolute Gasteiger partial charge is 0.275 e. The Hall–Kier alpha value is -3.42. The first-order chi connectivity index (χ1) is 16.0. The largest absolute Gasteiger partial charge is 0.488 e. The van der Waals surface area contributed by atoms with Gasteiger partial charge in [-0.2, -0.15) is 0 Å². The van der Waals surface area contributed by atoms with Crippen LogP contribution in [0.3, 0.4) is 0 Å². The third-order valence-corrected chi connectivity index (χ3v) is 7.23. The van der Waals surface area contributed by atoms with Gasteiger partial charge in [0, 0.05) is 24.8 Å². The van der Waals surface area contributed by atoms with Gasteiger partial charge in [0.2, 0.25) is 0 Å². The first-order valence-corrected chi connectivity index (χ1v) is 11.5. The highest BCUT2D eigenvalue weighted by Gasteiger charge is 2.42.